The van der Waals surface area contributed by atoms with E-state index in [-0.39, 0.29) is 0 Å². The average Bonchev–Trinajstić information content (AvgIpc) is 2.46. The molecule has 3 nitrogen and oxygen atoms in total. The van der Waals surface area contributed by atoms with Gasteiger partial charge in [0.15, 0.2) is 0 Å². The van der Waals surface area contributed by atoms with Crippen LogP contribution in [-0.4, -0.2) is 18.2 Å². The normalized spacial score (nSPS) is 10.6. The molecule has 0 atom stereocenters. The molecule has 1 N–H and O–H groups in total. The number of methoxy groups -OCH3 is 1. The first-order chi connectivity index (χ1) is 9.20. The second-order valence-corrected chi connectivity index (χ2v) is 4.00. The maximum absolute atomic E-state index is 11.1. The predicted molar refractivity (Wildman–Crippen MR) is 75.3 cm³/mol. The monoisotopic (exact) mass is 254 g/mol. The van der Waals surface area contributed by atoms with Crippen molar-refractivity contribution in [1.82, 2.24) is 0 Å². The van der Waals surface area contributed by atoms with Crippen LogP contribution in [-0.2, 0) is 0 Å². The van der Waals surface area contributed by atoms with E-state index < -0.39 is 5.97 Å². The maximum Gasteiger partial charge on any atom is 0.336 e. The fourth-order valence-corrected chi connectivity index (χ4v) is 1.74. The molecule has 2 aromatic carbocycles. The molecule has 96 valence electrons. The number of hydrogen-bond donors (Lipinski definition) is 1. The lowest BCUT2D eigenvalue weighted by Crippen LogP contribution is -1.98. The van der Waals surface area contributed by atoms with Crippen LogP contribution in [0.3, 0.4) is 0 Å². The Morgan fingerprint density at radius 2 is 1.74 bits per heavy atom. The number of carboxylic acids is 1. The molecule has 0 fully saturated rings. The summed E-state index contributed by atoms with van der Waals surface area (Å²) in [5.41, 5.74) is 1.97. The first kappa shape index (κ1) is 12.9. The minimum atomic E-state index is -0.921. The van der Waals surface area contributed by atoms with Gasteiger partial charge in [0.25, 0.3) is 0 Å². The van der Waals surface area contributed by atoms with Crippen LogP contribution in [0.1, 0.15) is 21.5 Å². The molecular weight excluding hydrogens is 240 g/mol. The van der Waals surface area contributed by atoms with Crippen molar-refractivity contribution >= 4 is 18.1 Å². The SMILES string of the molecule is COc1ccc(/C=C\c2ccccc2C(=O)O)cc1. The predicted octanol–water partition coefficient (Wildman–Crippen LogP) is 3.56. The Kier molecular flexibility index (Phi) is 3.98. The van der Waals surface area contributed by atoms with Crippen molar-refractivity contribution in [1.29, 1.82) is 0 Å². The lowest BCUT2D eigenvalue weighted by atomic mass is 10.1. The van der Waals surface area contributed by atoms with Crippen molar-refractivity contribution in [3.63, 3.8) is 0 Å². The molecule has 2 rings (SSSR count). The van der Waals surface area contributed by atoms with Crippen molar-refractivity contribution in [3.8, 4) is 5.75 Å². The lowest BCUT2D eigenvalue weighted by molar-refractivity contribution is 0.0696. The van der Waals surface area contributed by atoms with E-state index in [4.69, 9.17) is 9.84 Å². The van der Waals surface area contributed by atoms with Crippen LogP contribution in [0.2, 0.25) is 0 Å². The van der Waals surface area contributed by atoms with Crippen molar-refractivity contribution < 1.29 is 14.6 Å². The van der Waals surface area contributed by atoms with Crippen LogP contribution < -0.4 is 4.74 Å². The summed E-state index contributed by atoms with van der Waals surface area (Å²) in [5.74, 6) is -0.127. The highest BCUT2D eigenvalue weighted by molar-refractivity contribution is 5.93. The highest BCUT2D eigenvalue weighted by Gasteiger charge is 2.05. The summed E-state index contributed by atoms with van der Waals surface area (Å²) < 4.78 is 5.08. The molecule has 0 aliphatic carbocycles. The molecule has 2 aromatic rings. The quantitative estimate of drug-likeness (QED) is 0.848. The maximum atomic E-state index is 11.1. The largest absolute Gasteiger partial charge is 0.497 e. The van der Waals surface area contributed by atoms with Crippen LogP contribution in [0, 0.1) is 0 Å². The first-order valence-corrected chi connectivity index (χ1v) is 5.85. The van der Waals surface area contributed by atoms with Gasteiger partial charge >= 0.3 is 5.97 Å². The van der Waals surface area contributed by atoms with Crippen molar-refractivity contribution in [2.45, 2.75) is 0 Å². The zero-order valence-electron chi connectivity index (χ0n) is 10.5. The van der Waals surface area contributed by atoms with Crippen LogP contribution in [0.5, 0.6) is 5.75 Å². The van der Waals surface area contributed by atoms with Gasteiger partial charge in [0.2, 0.25) is 0 Å². The Hall–Kier alpha value is -2.55. The summed E-state index contributed by atoms with van der Waals surface area (Å²) in [5, 5.41) is 9.08. The topological polar surface area (TPSA) is 46.5 Å². The fraction of sp³-hybridized carbons (Fsp3) is 0.0625. The summed E-state index contributed by atoms with van der Waals surface area (Å²) in [4.78, 5) is 11.1. The molecule has 3 heteroatoms. The van der Waals surface area contributed by atoms with E-state index in [0.717, 1.165) is 11.3 Å². The van der Waals surface area contributed by atoms with Gasteiger partial charge in [-0.05, 0) is 29.3 Å². The Morgan fingerprint density at radius 1 is 1.05 bits per heavy atom. The average molecular weight is 254 g/mol. The van der Waals surface area contributed by atoms with Crippen molar-refractivity contribution in [2.24, 2.45) is 0 Å². The molecule has 0 heterocycles. The zero-order valence-corrected chi connectivity index (χ0v) is 10.5. The van der Waals surface area contributed by atoms with Gasteiger partial charge in [-0.2, -0.15) is 0 Å². The third-order valence-corrected chi connectivity index (χ3v) is 2.76. The van der Waals surface area contributed by atoms with Crippen LogP contribution in [0.4, 0.5) is 0 Å². The van der Waals surface area contributed by atoms with E-state index in [1.165, 1.54) is 0 Å². The van der Waals surface area contributed by atoms with Crippen LogP contribution in [0.25, 0.3) is 12.2 Å². The molecular formula is C16H14O3. The summed E-state index contributed by atoms with van der Waals surface area (Å²) >= 11 is 0. The van der Waals surface area contributed by atoms with E-state index in [9.17, 15) is 4.79 Å². The van der Waals surface area contributed by atoms with Crippen LogP contribution in [0.15, 0.2) is 48.5 Å². The Morgan fingerprint density at radius 3 is 2.37 bits per heavy atom. The fourth-order valence-electron chi connectivity index (χ4n) is 1.74. The van der Waals surface area contributed by atoms with E-state index in [2.05, 4.69) is 0 Å². The van der Waals surface area contributed by atoms with E-state index in [1.54, 1.807) is 31.4 Å². The van der Waals surface area contributed by atoms with E-state index in [0.29, 0.717) is 11.1 Å². The number of ether oxygens (including phenoxy) is 1. The Labute approximate surface area is 111 Å². The van der Waals surface area contributed by atoms with E-state index in [1.807, 2.05) is 36.4 Å². The molecule has 0 radical (unpaired) electrons. The van der Waals surface area contributed by atoms with Crippen LogP contribution >= 0.6 is 0 Å². The number of rotatable bonds is 4. The van der Waals surface area contributed by atoms with Crippen molar-refractivity contribution in [3.05, 3.63) is 65.2 Å². The number of benzene rings is 2. The highest BCUT2D eigenvalue weighted by Crippen LogP contribution is 2.16. The number of aromatic carboxylic acids is 1. The zero-order chi connectivity index (χ0) is 13.7. The molecule has 0 aromatic heterocycles. The molecule has 19 heavy (non-hydrogen) atoms. The van der Waals surface area contributed by atoms with Gasteiger partial charge in [0.1, 0.15) is 5.75 Å². The molecule has 0 saturated heterocycles. The Balaban J connectivity index is 2.24. The molecule has 0 saturated carbocycles. The van der Waals surface area contributed by atoms with Gasteiger partial charge in [0.05, 0.1) is 12.7 Å². The number of hydrogen-bond acceptors (Lipinski definition) is 2. The van der Waals surface area contributed by atoms with Gasteiger partial charge < -0.3 is 9.84 Å². The van der Waals surface area contributed by atoms with Gasteiger partial charge in [-0.25, -0.2) is 4.79 Å². The van der Waals surface area contributed by atoms with Gasteiger partial charge in [0, 0.05) is 0 Å². The second-order valence-electron chi connectivity index (χ2n) is 4.00. The summed E-state index contributed by atoms with van der Waals surface area (Å²) in [7, 11) is 1.62. The van der Waals surface area contributed by atoms with Crippen molar-refractivity contribution in [2.75, 3.05) is 7.11 Å². The second kappa shape index (κ2) is 5.87. The molecule has 0 amide bonds. The molecule has 0 aliphatic rings. The molecule has 0 bridgehead atoms. The standard InChI is InChI=1S/C16H14O3/c1-19-14-10-7-12(8-11-14)6-9-13-4-2-3-5-15(13)16(17)18/h2-11H,1H3,(H,17,18)/b9-6-. The van der Waals surface area contributed by atoms with Gasteiger partial charge in [-0.1, -0.05) is 42.5 Å². The minimum Gasteiger partial charge on any atom is -0.497 e. The van der Waals surface area contributed by atoms with Gasteiger partial charge in [-0.3, -0.25) is 0 Å². The Bertz CT molecular complexity index is 598. The molecule has 0 aliphatic heterocycles. The molecule has 0 spiro atoms. The lowest BCUT2D eigenvalue weighted by Gasteiger charge is -2.01. The number of carboxylic acid groups (broad SMARTS) is 1. The third kappa shape index (κ3) is 3.22. The summed E-state index contributed by atoms with van der Waals surface area (Å²) in [6.07, 6.45) is 3.67. The first-order valence-electron chi connectivity index (χ1n) is 5.85. The highest BCUT2D eigenvalue weighted by atomic mass is 16.5. The summed E-state index contributed by atoms with van der Waals surface area (Å²) in [6.45, 7) is 0. The van der Waals surface area contributed by atoms with E-state index >= 15 is 0 Å². The third-order valence-electron chi connectivity index (χ3n) is 2.76. The minimum absolute atomic E-state index is 0.298. The smallest absolute Gasteiger partial charge is 0.336 e. The summed E-state index contributed by atoms with van der Waals surface area (Å²) in [6, 6.07) is 14.5. The number of carbonyl (C=O) groups is 1. The van der Waals surface area contributed by atoms with Gasteiger partial charge in [-0.15, -0.1) is 0 Å². The molecule has 0 unspecified atom stereocenters.